The summed E-state index contributed by atoms with van der Waals surface area (Å²) < 4.78 is 74.6. The van der Waals surface area contributed by atoms with Gasteiger partial charge in [-0.1, -0.05) is 6.08 Å². The van der Waals surface area contributed by atoms with Gasteiger partial charge in [0.2, 0.25) is 0 Å². The summed E-state index contributed by atoms with van der Waals surface area (Å²) in [6.45, 7) is 0. The highest BCUT2D eigenvalue weighted by molar-refractivity contribution is 7.94. The number of alkyl halides is 3. The standard InChI is InChI=1S/C15H12F4N2O4S/c16-11-4-7-3-9(13(22)20-8-1-2-26(24,25)6-8)14(23)21-12(7)5-10(11)15(17,18)19/h1-5,8,13,20,22H,6H2,(H,21,23)/t8-,13?/m1/s1. The van der Waals surface area contributed by atoms with E-state index in [1.807, 2.05) is 0 Å². The van der Waals surface area contributed by atoms with Gasteiger partial charge in [-0.2, -0.15) is 13.2 Å². The van der Waals surface area contributed by atoms with Crippen LogP contribution in [-0.2, 0) is 16.0 Å². The Labute approximate surface area is 144 Å². The lowest BCUT2D eigenvalue weighted by molar-refractivity contribution is -0.139. The molecule has 0 spiro atoms. The molecule has 2 atom stereocenters. The van der Waals surface area contributed by atoms with Gasteiger partial charge < -0.3 is 10.1 Å². The fraction of sp³-hybridized carbons (Fsp3) is 0.267. The van der Waals surface area contributed by atoms with Crippen LogP contribution in [0.1, 0.15) is 17.4 Å². The van der Waals surface area contributed by atoms with Gasteiger partial charge in [0.05, 0.1) is 16.9 Å². The summed E-state index contributed by atoms with van der Waals surface area (Å²) in [6.07, 6.45) is -5.23. The van der Waals surface area contributed by atoms with E-state index in [0.29, 0.717) is 12.1 Å². The number of aliphatic hydroxyl groups excluding tert-OH is 1. The van der Waals surface area contributed by atoms with Crippen LogP contribution < -0.4 is 10.9 Å². The van der Waals surface area contributed by atoms with E-state index in [1.54, 1.807) is 0 Å². The Kier molecular flexibility index (Phi) is 4.41. The second-order valence-electron chi connectivity index (χ2n) is 5.80. The van der Waals surface area contributed by atoms with Crippen molar-refractivity contribution >= 4 is 20.7 Å². The van der Waals surface area contributed by atoms with Crippen LogP contribution in [0.25, 0.3) is 10.9 Å². The van der Waals surface area contributed by atoms with E-state index in [2.05, 4.69) is 10.3 Å². The van der Waals surface area contributed by atoms with Crippen molar-refractivity contribution in [1.82, 2.24) is 10.3 Å². The summed E-state index contributed by atoms with van der Waals surface area (Å²) in [4.78, 5) is 14.2. The zero-order valence-electron chi connectivity index (χ0n) is 12.8. The minimum Gasteiger partial charge on any atom is -0.374 e. The molecule has 2 heterocycles. The van der Waals surface area contributed by atoms with E-state index in [1.165, 1.54) is 6.08 Å². The van der Waals surface area contributed by atoms with Crippen molar-refractivity contribution < 1.29 is 31.1 Å². The molecule has 0 fully saturated rings. The van der Waals surface area contributed by atoms with E-state index in [-0.39, 0.29) is 22.2 Å². The third-order valence-electron chi connectivity index (χ3n) is 3.86. The lowest BCUT2D eigenvalue weighted by atomic mass is 10.1. The number of aliphatic hydroxyl groups is 1. The molecule has 0 bridgehead atoms. The average molecular weight is 392 g/mol. The van der Waals surface area contributed by atoms with Gasteiger partial charge in [0, 0.05) is 22.4 Å². The van der Waals surface area contributed by atoms with E-state index in [0.717, 1.165) is 11.5 Å². The molecule has 11 heteroatoms. The summed E-state index contributed by atoms with van der Waals surface area (Å²) in [6, 6.07) is 1.38. The molecule has 0 saturated carbocycles. The molecular weight excluding hydrogens is 380 g/mol. The molecule has 3 rings (SSSR count). The fourth-order valence-electron chi connectivity index (χ4n) is 2.64. The van der Waals surface area contributed by atoms with Crippen molar-refractivity contribution in [1.29, 1.82) is 0 Å². The lowest BCUT2D eigenvalue weighted by Gasteiger charge is -2.17. The van der Waals surface area contributed by atoms with Crippen molar-refractivity contribution in [3.05, 3.63) is 57.0 Å². The monoisotopic (exact) mass is 392 g/mol. The normalized spacial score (nSPS) is 20.6. The zero-order chi connectivity index (χ0) is 19.3. The van der Waals surface area contributed by atoms with Crippen molar-refractivity contribution in [2.24, 2.45) is 0 Å². The summed E-state index contributed by atoms with van der Waals surface area (Å²) in [7, 11) is -3.39. The molecule has 0 aliphatic carbocycles. The summed E-state index contributed by atoms with van der Waals surface area (Å²) in [5.41, 5.74) is -2.94. The van der Waals surface area contributed by atoms with Gasteiger partial charge >= 0.3 is 6.18 Å². The predicted octanol–water partition coefficient (Wildman–Crippen LogP) is 1.58. The first-order chi connectivity index (χ1) is 12.0. The Morgan fingerprint density at radius 3 is 2.54 bits per heavy atom. The number of fused-ring (bicyclic) bond motifs is 1. The number of rotatable bonds is 3. The van der Waals surface area contributed by atoms with Crippen LogP contribution in [0, 0.1) is 5.82 Å². The van der Waals surface area contributed by atoms with Gasteiger partial charge in [0.25, 0.3) is 5.56 Å². The maximum absolute atomic E-state index is 13.7. The number of sulfone groups is 1. The number of pyridine rings is 1. The maximum atomic E-state index is 13.7. The molecule has 1 aliphatic heterocycles. The molecule has 0 radical (unpaired) electrons. The predicted molar refractivity (Wildman–Crippen MR) is 84.3 cm³/mol. The van der Waals surface area contributed by atoms with Crippen molar-refractivity contribution in [3.63, 3.8) is 0 Å². The number of H-pyrrole nitrogens is 1. The van der Waals surface area contributed by atoms with E-state index < -0.39 is 45.2 Å². The topological polar surface area (TPSA) is 99.3 Å². The molecule has 2 aromatic rings. The Hall–Kier alpha value is -2.24. The van der Waals surface area contributed by atoms with Crippen LogP contribution in [0.3, 0.4) is 0 Å². The minimum absolute atomic E-state index is 0.0551. The van der Waals surface area contributed by atoms with Crippen LogP contribution >= 0.6 is 0 Å². The SMILES string of the molecule is O=c1[nH]c2cc(C(F)(F)F)c(F)cc2cc1C(O)N[C@@H]1C=CS(=O)(=O)C1. The molecule has 0 amide bonds. The highest BCUT2D eigenvalue weighted by atomic mass is 32.2. The highest BCUT2D eigenvalue weighted by Gasteiger charge is 2.34. The third-order valence-corrected chi connectivity index (χ3v) is 5.26. The van der Waals surface area contributed by atoms with Crippen molar-refractivity contribution in [2.45, 2.75) is 18.4 Å². The third kappa shape index (κ3) is 3.64. The molecule has 0 saturated heterocycles. The largest absolute Gasteiger partial charge is 0.419 e. The van der Waals surface area contributed by atoms with Gasteiger partial charge in [0.15, 0.2) is 9.84 Å². The number of halogens is 4. The van der Waals surface area contributed by atoms with Gasteiger partial charge in [-0.25, -0.2) is 12.8 Å². The van der Waals surface area contributed by atoms with E-state index in [9.17, 15) is 35.9 Å². The molecule has 1 unspecified atom stereocenters. The van der Waals surface area contributed by atoms with Crippen LogP contribution in [0.15, 0.2) is 34.5 Å². The molecule has 1 aliphatic rings. The quantitative estimate of drug-likeness (QED) is 0.544. The molecule has 1 aromatic heterocycles. The summed E-state index contributed by atoms with van der Waals surface area (Å²) in [5.74, 6) is -1.82. The number of hydrogen-bond donors (Lipinski definition) is 3. The van der Waals surface area contributed by atoms with Gasteiger partial charge in [-0.15, -0.1) is 0 Å². The minimum atomic E-state index is -4.92. The number of aromatic amines is 1. The first-order valence-corrected chi connectivity index (χ1v) is 8.96. The maximum Gasteiger partial charge on any atom is 0.419 e. The number of nitrogens with one attached hydrogen (secondary N) is 2. The van der Waals surface area contributed by atoms with Crippen LogP contribution in [0.4, 0.5) is 17.6 Å². The lowest BCUT2D eigenvalue weighted by Crippen LogP contribution is -2.36. The Morgan fingerprint density at radius 1 is 1.27 bits per heavy atom. The molecular formula is C15H12F4N2O4S. The zero-order valence-corrected chi connectivity index (χ0v) is 13.7. The molecule has 6 nitrogen and oxygen atoms in total. The number of benzene rings is 1. The molecule has 3 N–H and O–H groups in total. The van der Waals surface area contributed by atoms with Gasteiger partial charge in [-0.05, 0) is 18.2 Å². The number of aromatic nitrogens is 1. The van der Waals surface area contributed by atoms with Crippen molar-refractivity contribution in [2.75, 3.05) is 5.75 Å². The first kappa shape index (κ1) is 18.5. The summed E-state index contributed by atoms with van der Waals surface area (Å²) in [5, 5.41) is 13.5. The van der Waals surface area contributed by atoms with Crippen LogP contribution in [0.2, 0.25) is 0 Å². The van der Waals surface area contributed by atoms with Crippen LogP contribution in [0.5, 0.6) is 0 Å². The smallest absolute Gasteiger partial charge is 0.374 e. The second-order valence-corrected chi connectivity index (χ2v) is 7.74. The first-order valence-electron chi connectivity index (χ1n) is 7.25. The molecule has 1 aromatic carbocycles. The highest BCUT2D eigenvalue weighted by Crippen LogP contribution is 2.33. The average Bonchev–Trinajstić information content (AvgIpc) is 2.84. The Bertz CT molecular complexity index is 1060. The van der Waals surface area contributed by atoms with E-state index in [4.69, 9.17) is 0 Å². The van der Waals surface area contributed by atoms with Crippen LogP contribution in [-0.4, -0.2) is 30.3 Å². The fourth-order valence-corrected chi connectivity index (χ4v) is 3.88. The Balaban J connectivity index is 1.96. The Morgan fingerprint density at radius 2 is 1.96 bits per heavy atom. The summed E-state index contributed by atoms with van der Waals surface area (Å²) >= 11 is 0. The molecule has 26 heavy (non-hydrogen) atoms. The van der Waals surface area contributed by atoms with Gasteiger partial charge in [0.1, 0.15) is 12.0 Å². The van der Waals surface area contributed by atoms with Crippen molar-refractivity contribution in [3.8, 4) is 0 Å². The number of hydrogen-bond acceptors (Lipinski definition) is 5. The second kappa shape index (κ2) is 6.18. The molecule has 140 valence electrons. The van der Waals surface area contributed by atoms with E-state index >= 15 is 0 Å². The van der Waals surface area contributed by atoms with Gasteiger partial charge in [-0.3, -0.25) is 10.1 Å².